The standard InChI is InChI=1S/C19H30N2/c1-4-19(5-2)14-21(13-17-11-15(17)3)18(12-20-19)16-9-7-6-8-10-16/h6-10,15,17-18,20H,4-5,11-14H2,1-3H3. The van der Waals surface area contributed by atoms with Crippen molar-refractivity contribution >= 4 is 0 Å². The van der Waals surface area contributed by atoms with Crippen LogP contribution in [0, 0.1) is 11.8 Å². The molecule has 1 aromatic rings. The second-order valence-electron chi connectivity index (χ2n) is 7.20. The molecule has 3 unspecified atom stereocenters. The highest BCUT2D eigenvalue weighted by Crippen LogP contribution is 2.41. The molecule has 2 nitrogen and oxygen atoms in total. The van der Waals surface area contributed by atoms with Crippen molar-refractivity contribution in [3.05, 3.63) is 35.9 Å². The molecule has 3 rings (SSSR count). The van der Waals surface area contributed by atoms with E-state index in [2.05, 4.69) is 61.3 Å². The van der Waals surface area contributed by atoms with Crippen LogP contribution in [0.5, 0.6) is 0 Å². The Morgan fingerprint density at radius 3 is 2.43 bits per heavy atom. The zero-order chi connectivity index (χ0) is 14.9. The summed E-state index contributed by atoms with van der Waals surface area (Å²) in [4.78, 5) is 2.77. The first-order valence-electron chi connectivity index (χ1n) is 8.71. The molecular weight excluding hydrogens is 256 g/mol. The van der Waals surface area contributed by atoms with E-state index in [4.69, 9.17) is 0 Å². The number of nitrogens with one attached hydrogen (secondary N) is 1. The van der Waals surface area contributed by atoms with Crippen molar-refractivity contribution in [3.8, 4) is 0 Å². The van der Waals surface area contributed by atoms with Gasteiger partial charge in [-0.25, -0.2) is 0 Å². The minimum Gasteiger partial charge on any atom is -0.308 e. The molecule has 0 spiro atoms. The maximum Gasteiger partial charge on any atom is 0.0473 e. The van der Waals surface area contributed by atoms with Gasteiger partial charge in [-0.1, -0.05) is 51.1 Å². The van der Waals surface area contributed by atoms with Crippen molar-refractivity contribution in [3.63, 3.8) is 0 Å². The molecule has 1 N–H and O–H groups in total. The van der Waals surface area contributed by atoms with Crippen LogP contribution in [0.1, 0.15) is 51.6 Å². The summed E-state index contributed by atoms with van der Waals surface area (Å²) < 4.78 is 0. The Morgan fingerprint density at radius 2 is 1.86 bits per heavy atom. The Morgan fingerprint density at radius 1 is 1.19 bits per heavy atom. The van der Waals surface area contributed by atoms with E-state index in [0.717, 1.165) is 18.4 Å². The highest BCUT2D eigenvalue weighted by molar-refractivity contribution is 5.21. The van der Waals surface area contributed by atoms with E-state index in [1.807, 2.05) is 0 Å². The highest BCUT2D eigenvalue weighted by atomic mass is 15.3. The van der Waals surface area contributed by atoms with Gasteiger partial charge in [0.2, 0.25) is 0 Å². The molecule has 0 bridgehead atoms. The molecule has 116 valence electrons. The molecule has 2 aliphatic rings. The Bertz CT molecular complexity index is 452. The lowest BCUT2D eigenvalue weighted by atomic mass is 9.87. The molecule has 1 heterocycles. The fourth-order valence-corrected chi connectivity index (χ4v) is 3.87. The van der Waals surface area contributed by atoms with Gasteiger partial charge in [-0.05, 0) is 36.7 Å². The van der Waals surface area contributed by atoms with E-state index in [9.17, 15) is 0 Å². The van der Waals surface area contributed by atoms with Crippen LogP contribution >= 0.6 is 0 Å². The van der Waals surface area contributed by atoms with Crippen LogP contribution in [0.3, 0.4) is 0 Å². The summed E-state index contributed by atoms with van der Waals surface area (Å²) in [5, 5.41) is 3.87. The first kappa shape index (κ1) is 15.1. The smallest absolute Gasteiger partial charge is 0.0473 e. The molecule has 0 amide bonds. The molecule has 0 radical (unpaired) electrons. The van der Waals surface area contributed by atoms with Crippen LogP contribution in [0.4, 0.5) is 0 Å². The second-order valence-corrected chi connectivity index (χ2v) is 7.20. The van der Waals surface area contributed by atoms with Gasteiger partial charge >= 0.3 is 0 Å². The topological polar surface area (TPSA) is 15.3 Å². The summed E-state index contributed by atoms with van der Waals surface area (Å²) >= 11 is 0. The average Bonchev–Trinajstić information content (AvgIpc) is 3.23. The van der Waals surface area contributed by atoms with Crippen molar-refractivity contribution in [2.75, 3.05) is 19.6 Å². The summed E-state index contributed by atoms with van der Waals surface area (Å²) in [5.74, 6) is 1.87. The van der Waals surface area contributed by atoms with Crippen LogP contribution < -0.4 is 5.32 Å². The highest BCUT2D eigenvalue weighted by Gasteiger charge is 2.41. The lowest BCUT2D eigenvalue weighted by molar-refractivity contribution is 0.0671. The van der Waals surface area contributed by atoms with Crippen molar-refractivity contribution in [1.82, 2.24) is 10.2 Å². The van der Waals surface area contributed by atoms with Gasteiger partial charge < -0.3 is 5.32 Å². The fourth-order valence-electron chi connectivity index (χ4n) is 3.87. The van der Waals surface area contributed by atoms with Crippen LogP contribution in [0.25, 0.3) is 0 Å². The van der Waals surface area contributed by atoms with Crippen molar-refractivity contribution < 1.29 is 0 Å². The molecule has 1 saturated carbocycles. The third-order valence-electron chi connectivity index (χ3n) is 5.90. The second kappa shape index (κ2) is 6.10. The van der Waals surface area contributed by atoms with Crippen molar-refractivity contribution in [2.24, 2.45) is 11.8 Å². The fraction of sp³-hybridized carbons (Fsp3) is 0.684. The average molecular weight is 286 g/mol. The molecule has 1 saturated heterocycles. The van der Waals surface area contributed by atoms with E-state index in [1.165, 1.54) is 37.9 Å². The van der Waals surface area contributed by atoms with Crippen LogP contribution in [-0.2, 0) is 0 Å². The zero-order valence-electron chi connectivity index (χ0n) is 13.8. The van der Waals surface area contributed by atoms with E-state index in [-0.39, 0.29) is 0 Å². The molecule has 0 aromatic heterocycles. The van der Waals surface area contributed by atoms with Gasteiger partial charge in [0.15, 0.2) is 0 Å². The van der Waals surface area contributed by atoms with Gasteiger partial charge in [-0.3, -0.25) is 4.90 Å². The number of rotatable bonds is 5. The van der Waals surface area contributed by atoms with Crippen molar-refractivity contribution in [2.45, 2.75) is 51.6 Å². The molecular formula is C19H30N2. The largest absolute Gasteiger partial charge is 0.308 e. The SMILES string of the molecule is CCC1(CC)CN(CC2CC2C)C(c2ccccc2)CN1. The maximum absolute atomic E-state index is 3.87. The van der Waals surface area contributed by atoms with E-state index in [1.54, 1.807) is 0 Å². The number of hydrogen-bond donors (Lipinski definition) is 1. The molecule has 1 aliphatic heterocycles. The molecule has 21 heavy (non-hydrogen) atoms. The first-order chi connectivity index (χ1) is 10.2. The summed E-state index contributed by atoms with van der Waals surface area (Å²) in [7, 11) is 0. The lowest BCUT2D eigenvalue weighted by Crippen LogP contribution is -2.61. The predicted octanol–water partition coefficient (Wildman–Crippen LogP) is 3.85. The minimum absolute atomic E-state index is 0.323. The van der Waals surface area contributed by atoms with Crippen LogP contribution in [0.2, 0.25) is 0 Å². The van der Waals surface area contributed by atoms with Gasteiger partial charge in [0, 0.05) is 31.2 Å². The molecule has 1 aliphatic carbocycles. The molecule has 2 heteroatoms. The number of hydrogen-bond acceptors (Lipinski definition) is 2. The Hall–Kier alpha value is -0.860. The van der Waals surface area contributed by atoms with E-state index in [0.29, 0.717) is 11.6 Å². The van der Waals surface area contributed by atoms with E-state index < -0.39 is 0 Å². The quantitative estimate of drug-likeness (QED) is 0.884. The first-order valence-corrected chi connectivity index (χ1v) is 8.71. The van der Waals surface area contributed by atoms with Gasteiger partial charge in [-0.15, -0.1) is 0 Å². The monoisotopic (exact) mass is 286 g/mol. The molecule has 3 atom stereocenters. The minimum atomic E-state index is 0.323. The number of piperazine rings is 1. The summed E-state index contributed by atoms with van der Waals surface area (Å²) in [6.45, 7) is 10.6. The predicted molar refractivity (Wildman–Crippen MR) is 89.3 cm³/mol. The zero-order valence-corrected chi connectivity index (χ0v) is 13.8. The summed E-state index contributed by atoms with van der Waals surface area (Å²) in [6, 6.07) is 11.6. The Kier molecular flexibility index (Phi) is 4.37. The van der Waals surface area contributed by atoms with Gasteiger partial charge in [0.1, 0.15) is 0 Å². The van der Waals surface area contributed by atoms with E-state index >= 15 is 0 Å². The summed E-state index contributed by atoms with van der Waals surface area (Å²) in [6.07, 6.45) is 3.88. The third kappa shape index (κ3) is 3.17. The van der Waals surface area contributed by atoms with Crippen LogP contribution in [0.15, 0.2) is 30.3 Å². The maximum atomic E-state index is 3.87. The molecule has 1 aromatic carbocycles. The van der Waals surface area contributed by atoms with Gasteiger partial charge in [0.05, 0.1) is 0 Å². The van der Waals surface area contributed by atoms with Gasteiger partial charge in [-0.2, -0.15) is 0 Å². The third-order valence-corrected chi connectivity index (χ3v) is 5.90. The Labute approximate surface area is 129 Å². The number of nitrogens with zero attached hydrogens (tertiary/aromatic N) is 1. The lowest BCUT2D eigenvalue weighted by Gasteiger charge is -2.48. The Balaban J connectivity index is 1.78. The summed E-state index contributed by atoms with van der Waals surface area (Å²) in [5.41, 5.74) is 1.79. The van der Waals surface area contributed by atoms with Gasteiger partial charge in [0.25, 0.3) is 0 Å². The van der Waals surface area contributed by atoms with Crippen molar-refractivity contribution in [1.29, 1.82) is 0 Å². The molecule has 2 fully saturated rings. The number of benzene rings is 1. The normalized spacial score (nSPS) is 32.0. The van der Waals surface area contributed by atoms with Crippen LogP contribution in [-0.4, -0.2) is 30.1 Å².